The fourth-order valence-electron chi connectivity index (χ4n) is 2.78. The van der Waals surface area contributed by atoms with Crippen molar-refractivity contribution in [3.05, 3.63) is 0 Å². The maximum absolute atomic E-state index is 7.88. The van der Waals surface area contributed by atoms with Crippen LogP contribution in [0.25, 0.3) is 0 Å². The van der Waals surface area contributed by atoms with Crippen molar-refractivity contribution in [2.24, 2.45) is 0 Å². The fraction of sp³-hybridized carbons (Fsp3) is 1.00. The van der Waals surface area contributed by atoms with Crippen LogP contribution in [0, 0.1) is 0 Å². The van der Waals surface area contributed by atoms with Gasteiger partial charge in [0.05, 0.1) is 27.7 Å². The maximum atomic E-state index is 7.88. The fourth-order valence-corrected chi connectivity index (χ4v) is 2.78. The second kappa shape index (κ2) is 22.7. The van der Waals surface area contributed by atoms with E-state index in [4.69, 9.17) is 3.90 Å². The van der Waals surface area contributed by atoms with Crippen molar-refractivity contribution in [2.75, 3.05) is 27.7 Å². The molecule has 146 valence electrons. The Morgan fingerprint density at radius 3 is 1.09 bits per heavy atom. The molecule has 0 aromatic carbocycles. The van der Waals surface area contributed by atoms with Crippen molar-refractivity contribution in [3.63, 3.8) is 0 Å². The first-order chi connectivity index (χ1) is 10.6. The van der Waals surface area contributed by atoms with Gasteiger partial charge in [0.2, 0.25) is 0 Å². The van der Waals surface area contributed by atoms with Gasteiger partial charge in [-0.3, -0.25) is 0 Å². The van der Waals surface area contributed by atoms with Crippen LogP contribution in [0.15, 0.2) is 0 Å². The van der Waals surface area contributed by atoms with Gasteiger partial charge in [0.25, 0.3) is 0 Å². The average Bonchev–Trinajstić information content (AvgIpc) is 2.48. The SMILES string of the molecule is CCCCCCCCCCCCCCCC[N+](C)(C)C.[Br-].[O]=[Ni]. The van der Waals surface area contributed by atoms with E-state index in [1.807, 2.05) is 0 Å². The van der Waals surface area contributed by atoms with Crippen LogP contribution in [0.4, 0.5) is 0 Å². The van der Waals surface area contributed by atoms with Gasteiger partial charge in [0, 0.05) is 0 Å². The van der Waals surface area contributed by atoms with Gasteiger partial charge in [-0.25, -0.2) is 0 Å². The van der Waals surface area contributed by atoms with E-state index in [-0.39, 0.29) is 17.0 Å². The van der Waals surface area contributed by atoms with Crippen molar-refractivity contribution in [2.45, 2.75) is 96.8 Å². The summed E-state index contributed by atoms with van der Waals surface area (Å²) in [5.41, 5.74) is 0. The van der Waals surface area contributed by atoms with Crippen LogP contribution in [0.5, 0.6) is 0 Å². The molecule has 0 bridgehead atoms. The molecule has 0 unspecified atom stereocenters. The normalized spacial score (nSPS) is 10.7. The van der Waals surface area contributed by atoms with E-state index in [2.05, 4.69) is 43.5 Å². The summed E-state index contributed by atoms with van der Waals surface area (Å²) in [4.78, 5) is 0. The Bertz CT molecular complexity index is 210. The second-order valence-corrected chi connectivity index (χ2v) is 7.61. The molecular formula is C19H42BrNNiO. The molecule has 0 saturated carbocycles. The van der Waals surface area contributed by atoms with Crippen LogP contribution in [-0.2, 0) is 19.3 Å². The number of halogens is 1. The Labute approximate surface area is 165 Å². The Morgan fingerprint density at radius 2 is 0.826 bits per heavy atom. The quantitative estimate of drug-likeness (QED) is 0.218. The zero-order valence-corrected chi connectivity index (χ0v) is 18.7. The number of rotatable bonds is 15. The van der Waals surface area contributed by atoms with Crippen molar-refractivity contribution in [1.29, 1.82) is 0 Å². The predicted molar refractivity (Wildman–Crippen MR) is 93.9 cm³/mol. The number of hydrogen-bond acceptors (Lipinski definition) is 1. The molecule has 0 N–H and O–H groups in total. The van der Waals surface area contributed by atoms with Crippen LogP contribution in [0.1, 0.15) is 96.8 Å². The molecule has 0 amide bonds. The molecule has 0 rings (SSSR count). The van der Waals surface area contributed by atoms with E-state index in [1.165, 1.54) is 96.4 Å². The molecule has 0 aromatic heterocycles. The summed E-state index contributed by atoms with van der Waals surface area (Å²) in [6.45, 7) is 3.63. The number of hydrogen-bond donors (Lipinski definition) is 0. The van der Waals surface area contributed by atoms with Gasteiger partial charge in [0.1, 0.15) is 0 Å². The van der Waals surface area contributed by atoms with Gasteiger partial charge < -0.3 is 21.5 Å². The van der Waals surface area contributed by atoms with Gasteiger partial charge in [-0.2, -0.15) is 0 Å². The number of quaternary nitrogens is 1. The molecule has 0 fully saturated rings. The Morgan fingerprint density at radius 1 is 0.565 bits per heavy atom. The van der Waals surface area contributed by atoms with Gasteiger partial charge in [-0.05, 0) is 12.8 Å². The van der Waals surface area contributed by atoms with Gasteiger partial charge in [-0.15, -0.1) is 0 Å². The molecule has 0 aromatic rings. The average molecular weight is 439 g/mol. The molecule has 4 heteroatoms. The molecule has 0 saturated heterocycles. The molecule has 0 atom stereocenters. The molecule has 0 spiro atoms. The van der Waals surface area contributed by atoms with Crippen LogP contribution >= 0.6 is 0 Å². The first-order valence-corrected chi connectivity index (χ1v) is 9.90. The van der Waals surface area contributed by atoms with Gasteiger partial charge >= 0.3 is 19.3 Å². The summed E-state index contributed by atoms with van der Waals surface area (Å²) < 4.78 is 9.00. The zero-order valence-electron chi connectivity index (χ0n) is 16.2. The molecule has 0 radical (unpaired) electrons. The molecule has 0 aliphatic heterocycles. The third-order valence-electron chi connectivity index (χ3n) is 4.18. The van der Waals surface area contributed by atoms with Crippen LogP contribution in [0.2, 0.25) is 0 Å². The molecular weight excluding hydrogens is 397 g/mol. The van der Waals surface area contributed by atoms with E-state index in [1.54, 1.807) is 0 Å². The van der Waals surface area contributed by atoms with E-state index >= 15 is 0 Å². The van der Waals surface area contributed by atoms with Crippen molar-refractivity contribution >= 4 is 0 Å². The first kappa shape index (κ1) is 28.5. The minimum absolute atomic E-state index is 0. The van der Waals surface area contributed by atoms with Crippen molar-refractivity contribution < 1.29 is 40.8 Å². The van der Waals surface area contributed by atoms with Crippen LogP contribution in [0.3, 0.4) is 0 Å². The molecule has 2 nitrogen and oxygen atoms in total. The zero-order chi connectivity index (χ0) is 17.1. The van der Waals surface area contributed by atoms with Crippen molar-refractivity contribution in [1.82, 2.24) is 0 Å². The van der Waals surface area contributed by atoms with Crippen molar-refractivity contribution in [3.8, 4) is 0 Å². The summed E-state index contributed by atoms with van der Waals surface area (Å²) in [6, 6.07) is 0. The monoisotopic (exact) mass is 437 g/mol. The molecule has 0 aliphatic rings. The Balaban J connectivity index is -0.00000128. The summed E-state index contributed by atoms with van der Waals surface area (Å²) in [7, 11) is 6.88. The van der Waals surface area contributed by atoms with Gasteiger partial charge in [-0.1, -0.05) is 84.0 Å². The topological polar surface area (TPSA) is 17.1 Å². The molecule has 0 heterocycles. The summed E-state index contributed by atoms with van der Waals surface area (Å²) in [6.07, 6.45) is 20.4. The van der Waals surface area contributed by atoms with Crippen LogP contribution in [-0.4, -0.2) is 32.2 Å². The first-order valence-electron chi connectivity index (χ1n) is 9.49. The van der Waals surface area contributed by atoms with E-state index in [9.17, 15) is 0 Å². The second-order valence-electron chi connectivity index (χ2n) is 7.61. The van der Waals surface area contributed by atoms with Gasteiger partial charge in [0.15, 0.2) is 0 Å². The van der Waals surface area contributed by atoms with Crippen LogP contribution < -0.4 is 17.0 Å². The molecule has 23 heavy (non-hydrogen) atoms. The van der Waals surface area contributed by atoms with E-state index in [0.717, 1.165) is 4.48 Å². The van der Waals surface area contributed by atoms with E-state index < -0.39 is 0 Å². The summed E-state index contributed by atoms with van der Waals surface area (Å²) in [5, 5.41) is 0. The number of unbranched alkanes of at least 4 members (excludes halogenated alkanes) is 13. The summed E-state index contributed by atoms with van der Waals surface area (Å²) >= 11 is 2.62. The Kier molecular flexibility index (Phi) is 28.2. The summed E-state index contributed by atoms with van der Waals surface area (Å²) in [5.74, 6) is 0. The third kappa shape index (κ3) is 31.1. The third-order valence-corrected chi connectivity index (χ3v) is 4.18. The number of nitrogens with zero attached hydrogens (tertiary/aromatic N) is 1. The predicted octanol–water partition coefficient (Wildman–Crippen LogP) is 3.06. The minimum atomic E-state index is 0. The molecule has 0 aliphatic carbocycles. The standard InChI is InChI=1S/C19H42N.BrH.Ni.O/c1-5-6-7-8-9-10-11-12-13-14-15-16-17-18-19-20(2,3)4;;;/h5-19H2,1-4H3;1H;;/q+1;;;/p-1. The Hall–Kier alpha value is 0.734. The van der Waals surface area contributed by atoms with E-state index in [0.29, 0.717) is 0 Å².